The molecule has 0 saturated heterocycles. The predicted molar refractivity (Wildman–Crippen MR) is 134 cm³/mol. The number of nitrogens with zero attached hydrogens (tertiary/aromatic N) is 6. The van der Waals surface area contributed by atoms with E-state index in [2.05, 4.69) is 61.9 Å². The summed E-state index contributed by atoms with van der Waals surface area (Å²) in [5, 5.41) is 20.0. The second kappa shape index (κ2) is 10.4. The minimum Gasteiger partial charge on any atom is -0.272 e. The third-order valence-corrected chi connectivity index (χ3v) is 6.58. The standard InChI is InChI=1S/C26H23N7OS/c1-2-24-30-33(26(35-24)27-23(34)16-18-8-4-3-5-9-18)17-19-12-14-20(15-13-19)21-10-6-7-11-22(21)25-28-31-32-29-25/h3-15H,2,16-17H2,1H3,(H,28,29,31,32). The molecule has 8 nitrogen and oxygen atoms in total. The Kier molecular flexibility index (Phi) is 6.67. The number of aromatic nitrogens is 6. The maximum atomic E-state index is 12.6. The summed E-state index contributed by atoms with van der Waals surface area (Å²) >= 11 is 1.46. The molecule has 0 radical (unpaired) electrons. The molecule has 0 unspecified atom stereocenters. The number of hydrogen-bond acceptors (Lipinski definition) is 6. The van der Waals surface area contributed by atoms with Gasteiger partial charge in [-0.05, 0) is 33.9 Å². The van der Waals surface area contributed by atoms with E-state index in [-0.39, 0.29) is 12.3 Å². The van der Waals surface area contributed by atoms with Crippen LogP contribution < -0.4 is 4.80 Å². The second-order valence-corrected chi connectivity index (χ2v) is 8.98. The van der Waals surface area contributed by atoms with Gasteiger partial charge in [0.25, 0.3) is 5.91 Å². The molecule has 2 heterocycles. The van der Waals surface area contributed by atoms with Crippen LogP contribution in [-0.4, -0.2) is 36.3 Å². The minimum absolute atomic E-state index is 0.176. The third-order valence-electron chi connectivity index (χ3n) is 5.49. The zero-order valence-electron chi connectivity index (χ0n) is 19.1. The van der Waals surface area contributed by atoms with Crippen LogP contribution in [0.2, 0.25) is 0 Å². The van der Waals surface area contributed by atoms with Crippen LogP contribution in [-0.2, 0) is 24.2 Å². The van der Waals surface area contributed by atoms with Gasteiger partial charge in [-0.15, -0.1) is 10.2 Å². The molecule has 0 atom stereocenters. The SMILES string of the molecule is CCc1nn(Cc2ccc(-c3ccccc3-c3nn[nH]n3)cc2)c(=NC(=O)Cc2ccccc2)s1. The van der Waals surface area contributed by atoms with Crippen LogP contribution in [0.1, 0.15) is 23.1 Å². The summed E-state index contributed by atoms with van der Waals surface area (Å²) in [4.78, 5) is 17.6. The lowest BCUT2D eigenvalue weighted by molar-refractivity contribution is -0.117. The van der Waals surface area contributed by atoms with Crippen molar-refractivity contribution in [2.24, 2.45) is 4.99 Å². The molecule has 5 rings (SSSR count). The van der Waals surface area contributed by atoms with E-state index >= 15 is 0 Å². The third kappa shape index (κ3) is 5.30. The van der Waals surface area contributed by atoms with Crippen LogP contribution in [0.25, 0.3) is 22.5 Å². The largest absolute Gasteiger partial charge is 0.272 e. The number of rotatable bonds is 7. The van der Waals surface area contributed by atoms with Crippen molar-refractivity contribution in [1.29, 1.82) is 0 Å². The molecule has 0 fully saturated rings. The molecule has 35 heavy (non-hydrogen) atoms. The Balaban J connectivity index is 1.39. The average molecular weight is 482 g/mol. The smallest absolute Gasteiger partial charge is 0.252 e. The maximum Gasteiger partial charge on any atom is 0.252 e. The summed E-state index contributed by atoms with van der Waals surface area (Å²) in [6, 6.07) is 25.9. The summed E-state index contributed by atoms with van der Waals surface area (Å²) in [5.74, 6) is 0.380. The van der Waals surface area contributed by atoms with E-state index in [0.717, 1.165) is 39.2 Å². The molecule has 0 aliphatic heterocycles. The van der Waals surface area contributed by atoms with Gasteiger partial charge in [-0.25, -0.2) is 4.68 Å². The first-order chi connectivity index (χ1) is 17.2. The Labute approximate surface area is 206 Å². The van der Waals surface area contributed by atoms with E-state index in [1.54, 1.807) is 0 Å². The van der Waals surface area contributed by atoms with Gasteiger partial charge >= 0.3 is 0 Å². The number of H-pyrrole nitrogens is 1. The first-order valence-corrected chi connectivity index (χ1v) is 12.1. The zero-order valence-corrected chi connectivity index (χ0v) is 19.9. The molecule has 2 aromatic heterocycles. The molecule has 3 aromatic carbocycles. The molecule has 0 aliphatic carbocycles. The first kappa shape index (κ1) is 22.5. The summed E-state index contributed by atoms with van der Waals surface area (Å²) in [6.45, 7) is 2.58. The van der Waals surface area contributed by atoms with Gasteiger partial charge < -0.3 is 0 Å². The lowest BCUT2D eigenvalue weighted by Crippen LogP contribution is -2.19. The van der Waals surface area contributed by atoms with Crippen molar-refractivity contribution in [3.8, 4) is 22.5 Å². The van der Waals surface area contributed by atoms with Crippen LogP contribution in [0.3, 0.4) is 0 Å². The van der Waals surface area contributed by atoms with Crippen molar-refractivity contribution in [3.05, 3.63) is 99.8 Å². The van der Waals surface area contributed by atoms with Gasteiger partial charge in [0.2, 0.25) is 10.6 Å². The second-order valence-electron chi connectivity index (χ2n) is 7.94. The Morgan fingerprint density at radius 2 is 1.69 bits per heavy atom. The number of carbonyl (C=O) groups is 1. The van der Waals surface area contributed by atoms with E-state index in [9.17, 15) is 4.79 Å². The van der Waals surface area contributed by atoms with Gasteiger partial charge in [-0.3, -0.25) is 4.79 Å². The number of aromatic amines is 1. The van der Waals surface area contributed by atoms with E-state index in [0.29, 0.717) is 17.2 Å². The highest BCUT2D eigenvalue weighted by Gasteiger charge is 2.11. The van der Waals surface area contributed by atoms with Crippen molar-refractivity contribution >= 4 is 17.2 Å². The Morgan fingerprint density at radius 3 is 2.40 bits per heavy atom. The van der Waals surface area contributed by atoms with E-state index in [1.165, 1.54) is 11.3 Å². The number of tetrazole rings is 1. The molecule has 0 aliphatic rings. The van der Waals surface area contributed by atoms with Crippen molar-refractivity contribution in [2.75, 3.05) is 0 Å². The summed E-state index contributed by atoms with van der Waals surface area (Å²) in [6.07, 6.45) is 1.06. The van der Waals surface area contributed by atoms with Crippen LogP contribution in [0, 0.1) is 0 Å². The highest BCUT2D eigenvalue weighted by Crippen LogP contribution is 2.29. The topological polar surface area (TPSA) is 102 Å². The molecular weight excluding hydrogens is 458 g/mol. The molecule has 0 saturated carbocycles. The van der Waals surface area contributed by atoms with Crippen molar-refractivity contribution in [1.82, 2.24) is 30.4 Å². The van der Waals surface area contributed by atoms with Gasteiger partial charge in [0.15, 0.2) is 0 Å². The maximum absolute atomic E-state index is 12.6. The molecule has 9 heteroatoms. The summed E-state index contributed by atoms with van der Waals surface area (Å²) < 4.78 is 1.81. The highest BCUT2D eigenvalue weighted by molar-refractivity contribution is 7.08. The zero-order chi connectivity index (χ0) is 24.0. The number of benzene rings is 3. The lowest BCUT2D eigenvalue weighted by atomic mass is 9.98. The number of aryl methyl sites for hydroxylation is 1. The van der Waals surface area contributed by atoms with Gasteiger partial charge in [-0.1, -0.05) is 97.1 Å². The number of nitrogens with one attached hydrogen (secondary N) is 1. The number of hydrogen-bond donors (Lipinski definition) is 1. The molecule has 174 valence electrons. The van der Waals surface area contributed by atoms with Gasteiger partial charge in [-0.2, -0.15) is 15.3 Å². The molecule has 0 bridgehead atoms. The minimum atomic E-state index is -0.176. The molecule has 5 aromatic rings. The fourth-order valence-corrected chi connectivity index (χ4v) is 4.62. The van der Waals surface area contributed by atoms with Crippen LogP contribution in [0.15, 0.2) is 83.9 Å². The Morgan fingerprint density at radius 1 is 0.943 bits per heavy atom. The van der Waals surface area contributed by atoms with Crippen molar-refractivity contribution < 1.29 is 4.79 Å². The van der Waals surface area contributed by atoms with Gasteiger partial charge in [0.05, 0.1) is 13.0 Å². The Hall–Kier alpha value is -4.24. The molecule has 0 spiro atoms. The summed E-state index contributed by atoms with van der Waals surface area (Å²) in [7, 11) is 0. The fourth-order valence-electron chi connectivity index (χ4n) is 3.77. The normalized spacial score (nSPS) is 11.6. The van der Waals surface area contributed by atoms with Crippen LogP contribution >= 0.6 is 11.3 Å². The van der Waals surface area contributed by atoms with Crippen LogP contribution in [0.4, 0.5) is 0 Å². The van der Waals surface area contributed by atoms with Crippen molar-refractivity contribution in [3.63, 3.8) is 0 Å². The quantitative estimate of drug-likeness (QED) is 0.378. The summed E-state index contributed by atoms with van der Waals surface area (Å²) in [5.41, 5.74) is 5.00. The highest BCUT2D eigenvalue weighted by atomic mass is 32.1. The predicted octanol–water partition coefficient (Wildman–Crippen LogP) is 4.07. The Bertz CT molecular complexity index is 1490. The molecule has 1 amide bonds. The first-order valence-electron chi connectivity index (χ1n) is 11.3. The monoisotopic (exact) mass is 481 g/mol. The number of amides is 1. The van der Waals surface area contributed by atoms with E-state index < -0.39 is 0 Å². The van der Waals surface area contributed by atoms with Crippen molar-refractivity contribution in [2.45, 2.75) is 26.3 Å². The molecular formula is C26H23N7OS. The molecule has 1 N–H and O–H groups in total. The average Bonchev–Trinajstić information content (AvgIpc) is 3.56. The van der Waals surface area contributed by atoms with Crippen LogP contribution in [0.5, 0.6) is 0 Å². The lowest BCUT2D eigenvalue weighted by Gasteiger charge is -2.08. The van der Waals surface area contributed by atoms with Gasteiger partial charge in [0.1, 0.15) is 5.01 Å². The van der Waals surface area contributed by atoms with E-state index in [1.807, 2.05) is 59.3 Å². The fraction of sp³-hybridized carbons (Fsp3) is 0.154. The van der Waals surface area contributed by atoms with Gasteiger partial charge in [0, 0.05) is 5.56 Å². The number of carbonyl (C=O) groups excluding carboxylic acids is 1. The van der Waals surface area contributed by atoms with E-state index in [4.69, 9.17) is 0 Å².